The lowest BCUT2D eigenvalue weighted by molar-refractivity contribution is -0.129. The Morgan fingerprint density at radius 2 is 2.19 bits per heavy atom. The molecule has 1 aromatic carbocycles. The van der Waals surface area contributed by atoms with Gasteiger partial charge in [-0.15, -0.1) is 0 Å². The van der Waals surface area contributed by atoms with Crippen LogP contribution in [0, 0.1) is 12.7 Å². The van der Waals surface area contributed by atoms with E-state index < -0.39 is 23.3 Å². The van der Waals surface area contributed by atoms with Crippen LogP contribution in [0.15, 0.2) is 18.2 Å². The van der Waals surface area contributed by atoms with Gasteiger partial charge >= 0.3 is 0 Å². The molecule has 5 nitrogen and oxygen atoms in total. The normalized spacial score (nSPS) is 22.2. The molecule has 0 bridgehead atoms. The Labute approximate surface area is 121 Å². The van der Waals surface area contributed by atoms with E-state index in [9.17, 15) is 18.4 Å². The van der Waals surface area contributed by atoms with E-state index in [1.807, 2.05) is 0 Å². The first-order valence-corrected chi connectivity index (χ1v) is 6.57. The van der Waals surface area contributed by atoms with Crippen LogP contribution < -0.4 is 11.1 Å². The van der Waals surface area contributed by atoms with Gasteiger partial charge in [-0.1, -0.05) is 6.07 Å². The molecule has 2 rings (SSSR count). The minimum absolute atomic E-state index is 0.0191. The SMILES string of the molecule is Cc1ccc(NC(=O)CN2CCC(F)(C(N)=O)C2)cc1F. The molecule has 0 radical (unpaired) electrons. The van der Waals surface area contributed by atoms with Crippen LogP contribution in [0.2, 0.25) is 0 Å². The zero-order chi connectivity index (χ0) is 15.6. The zero-order valence-corrected chi connectivity index (χ0v) is 11.7. The number of primary amides is 1. The molecule has 114 valence electrons. The fourth-order valence-electron chi connectivity index (χ4n) is 2.26. The Morgan fingerprint density at radius 1 is 1.48 bits per heavy atom. The summed E-state index contributed by atoms with van der Waals surface area (Å²) in [7, 11) is 0. The van der Waals surface area contributed by atoms with E-state index in [4.69, 9.17) is 5.73 Å². The third-order valence-corrected chi connectivity index (χ3v) is 3.56. The number of nitrogens with two attached hydrogens (primary N) is 1. The molecule has 1 saturated heterocycles. The van der Waals surface area contributed by atoms with E-state index in [1.54, 1.807) is 19.1 Å². The topological polar surface area (TPSA) is 75.4 Å². The van der Waals surface area contributed by atoms with Crippen molar-refractivity contribution in [2.24, 2.45) is 5.73 Å². The average Bonchev–Trinajstić information content (AvgIpc) is 2.77. The van der Waals surface area contributed by atoms with E-state index in [2.05, 4.69) is 5.32 Å². The monoisotopic (exact) mass is 297 g/mol. The molecule has 7 heteroatoms. The standard InChI is InChI=1S/C14H17F2N3O2/c1-9-2-3-10(6-11(9)15)18-12(20)7-19-5-4-14(16,8-19)13(17)21/h2-3,6H,4-5,7-8H2,1H3,(H2,17,21)(H,18,20). The summed E-state index contributed by atoms with van der Waals surface area (Å²) in [5, 5.41) is 2.53. The summed E-state index contributed by atoms with van der Waals surface area (Å²) in [6.07, 6.45) is -0.0191. The van der Waals surface area contributed by atoms with E-state index in [-0.39, 0.29) is 26.1 Å². The van der Waals surface area contributed by atoms with Crippen molar-refractivity contribution in [1.29, 1.82) is 0 Å². The Balaban J connectivity index is 1.91. The van der Waals surface area contributed by atoms with Crippen molar-refractivity contribution in [1.82, 2.24) is 4.90 Å². The van der Waals surface area contributed by atoms with Crippen molar-refractivity contribution in [3.63, 3.8) is 0 Å². The molecule has 1 fully saturated rings. The number of carbonyl (C=O) groups is 2. The molecule has 0 saturated carbocycles. The molecule has 0 aromatic heterocycles. The van der Waals surface area contributed by atoms with Crippen molar-refractivity contribution < 1.29 is 18.4 Å². The van der Waals surface area contributed by atoms with Gasteiger partial charge in [0, 0.05) is 25.2 Å². The highest BCUT2D eigenvalue weighted by Gasteiger charge is 2.43. The Morgan fingerprint density at radius 3 is 2.76 bits per heavy atom. The Kier molecular flexibility index (Phi) is 4.22. The first kappa shape index (κ1) is 15.4. The summed E-state index contributed by atoms with van der Waals surface area (Å²) in [6.45, 7) is 1.62. The second kappa shape index (κ2) is 5.77. The highest BCUT2D eigenvalue weighted by atomic mass is 19.1. The predicted molar refractivity (Wildman–Crippen MR) is 73.9 cm³/mol. The molecular weight excluding hydrogens is 280 g/mol. The molecule has 1 atom stereocenters. The number of carbonyl (C=O) groups excluding carboxylic acids is 2. The third-order valence-electron chi connectivity index (χ3n) is 3.56. The second-order valence-electron chi connectivity index (χ2n) is 5.30. The number of amides is 2. The molecule has 0 spiro atoms. The van der Waals surface area contributed by atoms with Crippen LogP contribution in [-0.4, -0.2) is 42.0 Å². The summed E-state index contributed by atoms with van der Waals surface area (Å²) < 4.78 is 27.3. The first-order chi connectivity index (χ1) is 9.80. The van der Waals surface area contributed by atoms with Gasteiger partial charge in [0.05, 0.1) is 6.54 Å². The fraction of sp³-hybridized carbons (Fsp3) is 0.429. The van der Waals surface area contributed by atoms with Gasteiger partial charge in [0.1, 0.15) is 5.82 Å². The van der Waals surface area contributed by atoms with Crippen LogP contribution in [0.1, 0.15) is 12.0 Å². The fourth-order valence-corrected chi connectivity index (χ4v) is 2.26. The number of benzene rings is 1. The number of alkyl halides is 1. The second-order valence-corrected chi connectivity index (χ2v) is 5.30. The minimum Gasteiger partial charge on any atom is -0.367 e. The molecule has 1 aliphatic heterocycles. The van der Waals surface area contributed by atoms with Gasteiger partial charge in [-0.2, -0.15) is 0 Å². The maximum absolute atomic E-state index is 14.0. The van der Waals surface area contributed by atoms with Crippen molar-refractivity contribution in [3.8, 4) is 0 Å². The van der Waals surface area contributed by atoms with Crippen molar-refractivity contribution in [2.75, 3.05) is 25.0 Å². The van der Waals surface area contributed by atoms with Gasteiger partial charge in [0.15, 0.2) is 0 Å². The number of likely N-dealkylation sites (tertiary alicyclic amines) is 1. The number of hydrogen-bond acceptors (Lipinski definition) is 3. The van der Waals surface area contributed by atoms with Gasteiger partial charge in [0.2, 0.25) is 11.6 Å². The van der Waals surface area contributed by atoms with Crippen LogP contribution in [0.5, 0.6) is 0 Å². The first-order valence-electron chi connectivity index (χ1n) is 6.57. The molecule has 1 aliphatic rings. The van der Waals surface area contributed by atoms with Gasteiger partial charge < -0.3 is 11.1 Å². The van der Waals surface area contributed by atoms with Gasteiger partial charge in [0.25, 0.3) is 5.91 Å². The van der Waals surface area contributed by atoms with E-state index in [1.165, 1.54) is 11.0 Å². The lowest BCUT2D eigenvalue weighted by atomic mass is 10.1. The molecule has 1 heterocycles. The quantitative estimate of drug-likeness (QED) is 0.869. The zero-order valence-electron chi connectivity index (χ0n) is 11.7. The van der Waals surface area contributed by atoms with Crippen LogP contribution >= 0.6 is 0 Å². The Hall–Kier alpha value is -2.02. The molecule has 21 heavy (non-hydrogen) atoms. The van der Waals surface area contributed by atoms with E-state index in [0.717, 1.165) is 0 Å². The van der Waals surface area contributed by atoms with Crippen molar-refractivity contribution in [2.45, 2.75) is 19.0 Å². The van der Waals surface area contributed by atoms with Gasteiger partial charge in [-0.05, 0) is 24.6 Å². The summed E-state index contributed by atoms with van der Waals surface area (Å²) in [5.41, 5.74) is 3.74. The number of nitrogens with one attached hydrogen (secondary N) is 1. The molecular formula is C14H17F2N3O2. The number of halogens is 2. The van der Waals surface area contributed by atoms with E-state index in [0.29, 0.717) is 11.3 Å². The summed E-state index contributed by atoms with van der Waals surface area (Å²) in [6, 6.07) is 4.36. The third kappa shape index (κ3) is 3.55. The van der Waals surface area contributed by atoms with Crippen LogP contribution in [0.3, 0.4) is 0 Å². The maximum Gasteiger partial charge on any atom is 0.256 e. The molecule has 0 aliphatic carbocycles. The van der Waals surface area contributed by atoms with Crippen LogP contribution in [0.4, 0.5) is 14.5 Å². The highest BCUT2D eigenvalue weighted by molar-refractivity contribution is 5.92. The number of rotatable bonds is 4. The predicted octanol–water partition coefficient (Wildman–Crippen LogP) is 0.972. The molecule has 2 amide bonds. The molecule has 1 aromatic rings. The van der Waals surface area contributed by atoms with Gasteiger partial charge in [-0.25, -0.2) is 8.78 Å². The highest BCUT2D eigenvalue weighted by Crippen LogP contribution is 2.25. The lowest BCUT2D eigenvalue weighted by Gasteiger charge is -2.17. The van der Waals surface area contributed by atoms with E-state index >= 15 is 0 Å². The molecule has 3 N–H and O–H groups in total. The van der Waals surface area contributed by atoms with Crippen molar-refractivity contribution in [3.05, 3.63) is 29.6 Å². The summed E-state index contributed by atoms with van der Waals surface area (Å²) in [4.78, 5) is 24.3. The summed E-state index contributed by atoms with van der Waals surface area (Å²) >= 11 is 0. The lowest BCUT2D eigenvalue weighted by Crippen LogP contribution is -2.43. The van der Waals surface area contributed by atoms with Gasteiger partial charge in [-0.3, -0.25) is 14.5 Å². The Bertz CT molecular complexity index is 579. The minimum atomic E-state index is -2.07. The number of anilines is 1. The number of nitrogens with zero attached hydrogens (tertiary/aromatic N) is 1. The smallest absolute Gasteiger partial charge is 0.256 e. The number of aryl methyl sites for hydroxylation is 1. The summed E-state index contributed by atoms with van der Waals surface area (Å²) in [5.74, 6) is -1.82. The van der Waals surface area contributed by atoms with Crippen LogP contribution in [-0.2, 0) is 9.59 Å². The molecule has 1 unspecified atom stereocenters. The average molecular weight is 297 g/mol. The van der Waals surface area contributed by atoms with Crippen molar-refractivity contribution >= 4 is 17.5 Å². The largest absolute Gasteiger partial charge is 0.367 e. The number of hydrogen-bond donors (Lipinski definition) is 2. The van der Waals surface area contributed by atoms with Crippen LogP contribution in [0.25, 0.3) is 0 Å². The maximum atomic E-state index is 14.0.